The molecule has 0 amide bonds. The number of nitrogens with zero attached hydrogens (tertiary/aromatic N) is 2. The Morgan fingerprint density at radius 3 is 3.21 bits per heavy atom. The Morgan fingerprint density at radius 1 is 1.53 bits per heavy atom. The second-order valence-corrected chi connectivity index (χ2v) is 5.85. The van der Waals surface area contributed by atoms with Crippen molar-refractivity contribution in [3.8, 4) is 0 Å². The van der Waals surface area contributed by atoms with Crippen LogP contribution in [0.5, 0.6) is 0 Å². The van der Waals surface area contributed by atoms with Gasteiger partial charge in [0, 0.05) is 19.7 Å². The molecule has 2 heterocycles. The summed E-state index contributed by atoms with van der Waals surface area (Å²) in [6.45, 7) is 4.70. The lowest BCUT2D eigenvalue weighted by Gasteiger charge is -2.32. The summed E-state index contributed by atoms with van der Waals surface area (Å²) in [7, 11) is 0. The van der Waals surface area contributed by atoms with E-state index in [1.54, 1.807) is 11.3 Å². The number of aliphatic hydroxyl groups excluding tert-OH is 1. The van der Waals surface area contributed by atoms with Crippen molar-refractivity contribution in [2.24, 2.45) is 0 Å². The van der Waals surface area contributed by atoms with Crippen molar-refractivity contribution in [3.63, 3.8) is 0 Å². The van der Waals surface area contributed by atoms with Crippen molar-refractivity contribution >= 4 is 26.7 Å². The minimum atomic E-state index is 0.117. The fourth-order valence-corrected chi connectivity index (χ4v) is 3.49. The number of aryl methyl sites for hydroxylation is 1. The first-order chi connectivity index (χ1) is 9.28. The van der Waals surface area contributed by atoms with E-state index in [2.05, 4.69) is 30.0 Å². The molecule has 2 aromatic rings. The lowest BCUT2D eigenvalue weighted by molar-refractivity contribution is 0.0247. The molecule has 0 spiro atoms. The lowest BCUT2D eigenvalue weighted by atomic mass is 10.2. The van der Waals surface area contributed by atoms with E-state index in [0.717, 1.165) is 23.7 Å². The van der Waals surface area contributed by atoms with Gasteiger partial charge in [0.15, 0.2) is 5.13 Å². The van der Waals surface area contributed by atoms with Crippen LogP contribution < -0.4 is 4.90 Å². The van der Waals surface area contributed by atoms with E-state index in [9.17, 15) is 0 Å². The van der Waals surface area contributed by atoms with Crippen molar-refractivity contribution in [1.29, 1.82) is 0 Å². The van der Waals surface area contributed by atoms with Crippen molar-refractivity contribution in [3.05, 3.63) is 23.8 Å². The fourth-order valence-electron chi connectivity index (χ4n) is 2.42. The second kappa shape index (κ2) is 5.45. The van der Waals surface area contributed by atoms with Gasteiger partial charge in [-0.2, -0.15) is 0 Å². The zero-order valence-electron chi connectivity index (χ0n) is 11.0. The number of morpholine rings is 1. The van der Waals surface area contributed by atoms with Crippen LogP contribution in [-0.2, 0) is 4.74 Å². The van der Waals surface area contributed by atoms with Crippen LogP contribution in [0.2, 0.25) is 0 Å². The molecule has 19 heavy (non-hydrogen) atoms. The molecule has 0 radical (unpaired) electrons. The number of thiazole rings is 1. The first-order valence-corrected chi connectivity index (χ1v) is 7.43. The number of rotatable bonds is 3. The third kappa shape index (κ3) is 2.59. The molecule has 1 saturated heterocycles. The van der Waals surface area contributed by atoms with Crippen LogP contribution in [0.25, 0.3) is 10.2 Å². The van der Waals surface area contributed by atoms with E-state index in [-0.39, 0.29) is 12.7 Å². The van der Waals surface area contributed by atoms with E-state index in [1.807, 2.05) is 0 Å². The molecule has 1 aromatic carbocycles. The standard InChI is InChI=1S/C14H18N2O2S/c1-10-3-2-4-12-13(10)19-14(15-12)16-6-8-18-11(9-16)5-7-17/h2-4,11,17H,5-9H2,1H3. The molecule has 1 N–H and O–H groups in total. The third-order valence-corrected chi connectivity index (χ3v) is 4.73. The van der Waals surface area contributed by atoms with E-state index < -0.39 is 0 Å². The fraction of sp³-hybridized carbons (Fsp3) is 0.500. The highest BCUT2D eigenvalue weighted by Crippen LogP contribution is 2.31. The Morgan fingerprint density at radius 2 is 2.42 bits per heavy atom. The van der Waals surface area contributed by atoms with Gasteiger partial charge in [0.2, 0.25) is 0 Å². The number of hydrogen-bond donors (Lipinski definition) is 1. The summed E-state index contributed by atoms with van der Waals surface area (Å²) in [5.41, 5.74) is 2.35. The quantitative estimate of drug-likeness (QED) is 0.935. The van der Waals surface area contributed by atoms with Gasteiger partial charge in [-0.3, -0.25) is 0 Å². The number of hydrogen-bond acceptors (Lipinski definition) is 5. The highest BCUT2D eigenvalue weighted by Gasteiger charge is 2.22. The maximum Gasteiger partial charge on any atom is 0.186 e. The van der Waals surface area contributed by atoms with Crippen LogP contribution in [0.15, 0.2) is 18.2 Å². The first-order valence-electron chi connectivity index (χ1n) is 6.61. The SMILES string of the molecule is Cc1cccc2nc(N3CCOC(CCO)C3)sc12. The van der Waals surface area contributed by atoms with Crippen molar-refractivity contribution in [2.45, 2.75) is 19.4 Å². The van der Waals surface area contributed by atoms with E-state index >= 15 is 0 Å². The smallest absolute Gasteiger partial charge is 0.186 e. The molecule has 0 saturated carbocycles. The summed E-state index contributed by atoms with van der Waals surface area (Å²) < 4.78 is 6.91. The maximum atomic E-state index is 9.01. The number of ether oxygens (including phenoxy) is 1. The van der Waals surface area contributed by atoms with Crippen LogP contribution in [0, 0.1) is 6.92 Å². The molecule has 1 fully saturated rings. The largest absolute Gasteiger partial charge is 0.396 e. The molecule has 4 nitrogen and oxygen atoms in total. The van der Waals surface area contributed by atoms with Gasteiger partial charge in [-0.25, -0.2) is 4.98 Å². The van der Waals surface area contributed by atoms with Crippen molar-refractivity contribution in [1.82, 2.24) is 4.98 Å². The molecule has 1 aliphatic rings. The zero-order chi connectivity index (χ0) is 13.2. The van der Waals surface area contributed by atoms with Gasteiger partial charge in [-0.15, -0.1) is 0 Å². The Labute approximate surface area is 116 Å². The highest BCUT2D eigenvalue weighted by atomic mass is 32.1. The summed E-state index contributed by atoms with van der Waals surface area (Å²) in [5, 5.41) is 10.1. The van der Waals surface area contributed by atoms with Gasteiger partial charge in [0.05, 0.1) is 22.9 Å². The van der Waals surface area contributed by atoms with Gasteiger partial charge < -0.3 is 14.7 Å². The van der Waals surface area contributed by atoms with Gasteiger partial charge in [0.1, 0.15) is 0 Å². The molecule has 3 rings (SSSR count). The predicted molar refractivity (Wildman–Crippen MR) is 78.0 cm³/mol. The minimum Gasteiger partial charge on any atom is -0.396 e. The Bertz CT molecular complexity index is 568. The first kappa shape index (κ1) is 12.8. The van der Waals surface area contributed by atoms with Crippen molar-refractivity contribution < 1.29 is 9.84 Å². The summed E-state index contributed by atoms with van der Waals surface area (Å²) in [6, 6.07) is 6.24. The normalized spacial score (nSPS) is 20.1. The van der Waals surface area contributed by atoms with Crippen LogP contribution in [0.3, 0.4) is 0 Å². The summed E-state index contributed by atoms with van der Waals surface area (Å²) >= 11 is 1.75. The molecular weight excluding hydrogens is 260 g/mol. The minimum absolute atomic E-state index is 0.117. The molecule has 5 heteroatoms. The summed E-state index contributed by atoms with van der Waals surface area (Å²) in [6.07, 6.45) is 0.812. The Hall–Kier alpha value is -1.17. The number of fused-ring (bicyclic) bond motifs is 1. The average molecular weight is 278 g/mol. The molecule has 1 atom stereocenters. The monoisotopic (exact) mass is 278 g/mol. The van der Waals surface area contributed by atoms with Crippen LogP contribution in [-0.4, -0.2) is 42.5 Å². The van der Waals surface area contributed by atoms with Gasteiger partial charge in [0.25, 0.3) is 0 Å². The molecule has 102 valence electrons. The van der Waals surface area contributed by atoms with Gasteiger partial charge >= 0.3 is 0 Å². The molecule has 0 bridgehead atoms. The van der Waals surface area contributed by atoms with Crippen LogP contribution >= 0.6 is 11.3 Å². The Balaban J connectivity index is 1.85. The Kier molecular flexibility index (Phi) is 3.68. The van der Waals surface area contributed by atoms with E-state index in [4.69, 9.17) is 14.8 Å². The average Bonchev–Trinajstić information content (AvgIpc) is 2.85. The van der Waals surface area contributed by atoms with E-state index in [1.165, 1.54) is 10.3 Å². The second-order valence-electron chi connectivity index (χ2n) is 4.87. The lowest BCUT2D eigenvalue weighted by Crippen LogP contribution is -2.42. The number of aliphatic hydroxyl groups is 1. The van der Waals surface area contributed by atoms with Crippen LogP contribution in [0.4, 0.5) is 5.13 Å². The predicted octanol–water partition coefficient (Wildman–Crippen LogP) is 2.19. The zero-order valence-corrected chi connectivity index (χ0v) is 11.8. The maximum absolute atomic E-state index is 9.01. The molecule has 0 aliphatic carbocycles. The third-order valence-electron chi connectivity index (χ3n) is 3.46. The summed E-state index contributed by atoms with van der Waals surface area (Å²) in [4.78, 5) is 6.99. The highest BCUT2D eigenvalue weighted by molar-refractivity contribution is 7.22. The number of anilines is 1. The topological polar surface area (TPSA) is 45.6 Å². The molecular formula is C14H18N2O2S. The van der Waals surface area contributed by atoms with Gasteiger partial charge in [-0.05, 0) is 25.0 Å². The molecule has 1 aliphatic heterocycles. The summed E-state index contributed by atoms with van der Waals surface area (Å²) in [5.74, 6) is 0. The van der Waals surface area contributed by atoms with E-state index in [0.29, 0.717) is 13.0 Å². The number of aromatic nitrogens is 1. The van der Waals surface area contributed by atoms with Crippen molar-refractivity contribution in [2.75, 3.05) is 31.2 Å². The molecule has 1 unspecified atom stereocenters. The number of benzene rings is 1. The van der Waals surface area contributed by atoms with Gasteiger partial charge in [-0.1, -0.05) is 23.5 Å². The molecule has 1 aromatic heterocycles. The van der Waals surface area contributed by atoms with Crippen LogP contribution in [0.1, 0.15) is 12.0 Å².